The third-order valence-corrected chi connectivity index (χ3v) is 3.17. The molecule has 0 aliphatic heterocycles. The molecular formula is C15H17FN4O4. The fraction of sp³-hybridized carbons (Fsp3) is 0.333. The van der Waals surface area contributed by atoms with Crippen molar-refractivity contribution < 1.29 is 23.8 Å². The second-order valence-electron chi connectivity index (χ2n) is 5.04. The Labute approximate surface area is 137 Å². The van der Waals surface area contributed by atoms with Gasteiger partial charge in [-0.1, -0.05) is 17.3 Å². The molecule has 9 heteroatoms. The third-order valence-electron chi connectivity index (χ3n) is 3.17. The Morgan fingerprint density at radius 1 is 1.42 bits per heavy atom. The molecule has 1 aromatic heterocycles. The second kappa shape index (κ2) is 8.16. The number of ether oxygens (including phenoxy) is 1. The molecule has 1 amide bonds. The molecular weight excluding hydrogens is 319 g/mol. The molecule has 0 unspecified atom stereocenters. The number of carbonyl (C=O) groups is 2. The van der Waals surface area contributed by atoms with Crippen molar-refractivity contribution in [3.8, 4) is 0 Å². The number of rotatable bonds is 8. The van der Waals surface area contributed by atoms with Crippen LogP contribution in [0.1, 0.15) is 16.1 Å². The van der Waals surface area contributed by atoms with Gasteiger partial charge in [0.15, 0.2) is 5.69 Å². The molecule has 2 rings (SSSR count). The minimum Gasteiger partial charge on any atom is -0.480 e. The van der Waals surface area contributed by atoms with E-state index in [0.717, 1.165) is 4.90 Å². The van der Waals surface area contributed by atoms with Crippen LogP contribution in [0.4, 0.5) is 4.39 Å². The van der Waals surface area contributed by atoms with E-state index >= 15 is 0 Å². The summed E-state index contributed by atoms with van der Waals surface area (Å²) >= 11 is 0. The molecule has 0 spiro atoms. The summed E-state index contributed by atoms with van der Waals surface area (Å²) in [5.41, 5.74) is 0.685. The standard InChI is InChI=1S/C15H17FN4O4/c1-24-6-5-19(10-14(21)22)15(23)13-9-20(18-17-13)8-11-3-2-4-12(16)7-11/h2-4,7,9H,5-6,8,10H2,1H3,(H,21,22). The highest BCUT2D eigenvalue weighted by Crippen LogP contribution is 2.07. The lowest BCUT2D eigenvalue weighted by molar-refractivity contribution is -0.137. The van der Waals surface area contributed by atoms with Gasteiger partial charge in [0, 0.05) is 13.7 Å². The van der Waals surface area contributed by atoms with E-state index in [2.05, 4.69) is 10.3 Å². The minimum atomic E-state index is -1.13. The van der Waals surface area contributed by atoms with Gasteiger partial charge in [-0.15, -0.1) is 5.10 Å². The molecule has 1 aromatic carbocycles. The second-order valence-corrected chi connectivity index (χ2v) is 5.04. The smallest absolute Gasteiger partial charge is 0.323 e. The van der Waals surface area contributed by atoms with Crippen molar-refractivity contribution in [1.29, 1.82) is 0 Å². The molecule has 0 aliphatic carbocycles. The normalized spacial score (nSPS) is 10.6. The summed E-state index contributed by atoms with van der Waals surface area (Å²) < 4.78 is 19.4. The average Bonchev–Trinajstić information content (AvgIpc) is 2.99. The van der Waals surface area contributed by atoms with Gasteiger partial charge < -0.3 is 14.7 Å². The first kappa shape index (κ1) is 17.5. The summed E-state index contributed by atoms with van der Waals surface area (Å²) in [7, 11) is 1.46. The van der Waals surface area contributed by atoms with Crippen molar-refractivity contribution in [1.82, 2.24) is 19.9 Å². The largest absolute Gasteiger partial charge is 0.480 e. The van der Waals surface area contributed by atoms with Gasteiger partial charge in [-0.3, -0.25) is 9.59 Å². The molecule has 0 fully saturated rings. The highest BCUT2D eigenvalue weighted by molar-refractivity contribution is 5.93. The van der Waals surface area contributed by atoms with E-state index in [0.29, 0.717) is 5.56 Å². The van der Waals surface area contributed by atoms with Crippen LogP contribution in [0.3, 0.4) is 0 Å². The van der Waals surface area contributed by atoms with Crippen molar-refractivity contribution in [2.45, 2.75) is 6.54 Å². The molecule has 2 aromatic rings. The summed E-state index contributed by atoms with van der Waals surface area (Å²) in [6.07, 6.45) is 1.40. The highest BCUT2D eigenvalue weighted by Gasteiger charge is 2.21. The summed E-state index contributed by atoms with van der Waals surface area (Å²) in [6, 6.07) is 5.99. The summed E-state index contributed by atoms with van der Waals surface area (Å²) in [5.74, 6) is -2.05. The molecule has 128 valence electrons. The molecule has 0 saturated heterocycles. The van der Waals surface area contributed by atoms with Gasteiger partial charge in [0.25, 0.3) is 5.91 Å². The first-order valence-electron chi connectivity index (χ1n) is 7.14. The van der Waals surface area contributed by atoms with E-state index in [1.807, 2.05) is 0 Å². The van der Waals surface area contributed by atoms with Gasteiger partial charge >= 0.3 is 5.97 Å². The number of hydrogen-bond acceptors (Lipinski definition) is 5. The highest BCUT2D eigenvalue weighted by atomic mass is 19.1. The van der Waals surface area contributed by atoms with E-state index in [1.54, 1.807) is 12.1 Å². The molecule has 0 saturated carbocycles. The Balaban J connectivity index is 2.09. The van der Waals surface area contributed by atoms with Gasteiger partial charge in [0.2, 0.25) is 0 Å². The summed E-state index contributed by atoms with van der Waals surface area (Å²) in [5, 5.41) is 16.5. The zero-order valence-electron chi connectivity index (χ0n) is 13.1. The molecule has 0 radical (unpaired) electrons. The first-order chi connectivity index (χ1) is 11.5. The Morgan fingerprint density at radius 2 is 2.21 bits per heavy atom. The van der Waals surface area contributed by atoms with Crippen molar-refractivity contribution >= 4 is 11.9 Å². The van der Waals surface area contributed by atoms with Gasteiger partial charge in [-0.2, -0.15) is 0 Å². The van der Waals surface area contributed by atoms with Crippen LogP contribution in [0.5, 0.6) is 0 Å². The van der Waals surface area contributed by atoms with Crippen LogP contribution in [-0.2, 0) is 16.1 Å². The topological polar surface area (TPSA) is 97.6 Å². The molecule has 0 aliphatic rings. The van der Waals surface area contributed by atoms with Crippen LogP contribution in [0.2, 0.25) is 0 Å². The molecule has 0 bridgehead atoms. The number of halogens is 1. The molecule has 1 N–H and O–H groups in total. The Bertz CT molecular complexity index is 719. The zero-order chi connectivity index (χ0) is 17.5. The fourth-order valence-electron chi connectivity index (χ4n) is 2.08. The Hall–Kier alpha value is -2.81. The number of hydrogen-bond donors (Lipinski definition) is 1. The number of carboxylic acids is 1. The van der Waals surface area contributed by atoms with Crippen molar-refractivity contribution in [2.75, 3.05) is 26.8 Å². The number of aliphatic carboxylic acids is 1. The van der Waals surface area contributed by atoms with E-state index < -0.39 is 18.4 Å². The average molecular weight is 336 g/mol. The van der Waals surface area contributed by atoms with Crippen LogP contribution in [0.15, 0.2) is 30.5 Å². The van der Waals surface area contributed by atoms with Crippen LogP contribution in [0, 0.1) is 5.82 Å². The van der Waals surface area contributed by atoms with Crippen molar-refractivity contribution in [3.05, 3.63) is 47.5 Å². The van der Waals surface area contributed by atoms with Crippen molar-refractivity contribution in [2.24, 2.45) is 0 Å². The quantitative estimate of drug-likeness (QED) is 0.760. The number of carboxylic acid groups (broad SMARTS) is 1. The molecule has 8 nitrogen and oxygen atoms in total. The van der Waals surface area contributed by atoms with Gasteiger partial charge in [-0.25, -0.2) is 9.07 Å². The maximum atomic E-state index is 13.2. The fourth-order valence-corrected chi connectivity index (χ4v) is 2.08. The Kier molecular flexibility index (Phi) is 5.96. The molecule has 24 heavy (non-hydrogen) atoms. The van der Waals surface area contributed by atoms with Crippen LogP contribution in [-0.4, -0.2) is 63.7 Å². The first-order valence-corrected chi connectivity index (χ1v) is 7.14. The lowest BCUT2D eigenvalue weighted by Crippen LogP contribution is -2.38. The third kappa shape index (κ3) is 4.85. The van der Waals surface area contributed by atoms with E-state index in [1.165, 1.54) is 30.1 Å². The van der Waals surface area contributed by atoms with E-state index in [9.17, 15) is 14.0 Å². The van der Waals surface area contributed by atoms with Gasteiger partial charge in [0.05, 0.1) is 19.3 Å². The number of amides is 1. The van der Waals surface area contributed by atoms with Crippen LogP contribution in [0.25, 0.3) is 0 Å². The van der Waals surface area contributed by atoms with E-state index in [4.69, 9.17) is 9.84 Å². The number of nitrogens with zero attached hydrogens (tertiary/aromatic N) is 4. The van der Waals surface area contributed by atoms with Gasteiger partial charge in [-0.05, 0) is 17.7 Å². The number of methoxy groups -OCH3 is 1. The molecule has 0 atom stereocenters. The summed E-state index contributed by atoms with van der Waals surface area (Å²) in [4.78, 5) is 24.3. The zero-order valence-corrected chi connectivity index (χ0v) is 13.1. The monoisotopic (exact) mass is 336 g/mol. The van der Waals surface area contributed by atoms with Crippen LogP contribution < -0.4 is 0 Å². The minimum absolute atomic E-state index is 0.0174. The van der Waals surface area contributed by atoms with Crippen molar-refractivity contribution in [3.63, 3.8) is 0 Å². The molecule has 1 heterocycles. The number of benzene rings is 1. The predicted octanol–water partition coefficient (Wildman–Crippen LogP) is 0.639. The number of aromatic nitrogens is 3. The van der Waals surface area contributed by atoms with E-state index in [-0.39, 0.29) is 31.2 Å². The SMILES string of the molecule is COCCN(CC(=O)O)C(=O)c1cn(Cc2cccc(F)c2)nn1. The lowest BCUT2D eigenvalue weighted by atomic mass is 10.2. The predicted molar refractivity (Wildman–Crippen MR) is 80.9 cm³/mol. The van der Waals surface area contributed by atoms with Crippen LogP contribution >= 0.6 is 0 Å². The van der Waals surface area contributed by atoms with Gasteiger partial charge in [0.1, 0.15) is 12.4 Å². The number of carbonyl (C=O) groups excluding carboxylic acids is 1. The lowest BCUT2D eigenvalue weighted by Gasteiger charge is -2.18. The maximum Gasteiger partial charge on any atom is 0.323 e. The Morgan fingerprint density at radius 3 is 2.88 bits per heavy atom. The maximum absolute atomic E-state index is 13.2. The summed E-state index contributed by atoms with van der Waals surface area (Å²) in [6.45, 7) is 0.114.